The van der Waals surface area contributed by atoms with E-state index in [0.717, 1.165) is 13.2 Å². The largest absolute Gasteiger partial charge is 0.416 e. The van der Waals surface area contributed by atoms with Crippen molar-refractivity contribution < 1.29 is 31.4 Å². The molecule has 0 amide bonds. The molecular weight excluding hydrogens is 426 g/mol. The molecule has 2 aliphatic heterocycles. The van der Waals surface area contributed by atoms with E-state index < -0.39 is 23.5 Å². The number of hydrogen-bond donors (Lipinski definition) is 3. The molecule has 0 aromatic rings. The lowest BCUT2D eigenvalue weighted by atomic mass is 10.1. The smallest absolute Gasteiger partial charge is 0.400 e. The van der Waals surface area contributed by atoms with Crippen molar-refractivity contribution in [1.82, 2.24) is 20.4 Å². The summed E-state index contributed by atoms with van der Waals surface area (Å²) in [7, 11) is 4.59. The molecule has 2 saturated heterocycles. The van der Waals surface area contributed by atoms with Crippen molar-refractivity contribution >= 4 is 0 Å². The van der Waals surface area contributed by atoms with Crippen LogP contribution in [0.25, 0.3) is 0 Å². The number of alkyl halides is 6. The fraction of sp³-hybridized carbons (Fsp3) is 0.800. The number of halogens is 6. The van der Waals surface area contributed by atoms with Crippen LogP contribution in [0.3, 0.4) is 0 Å². The normalized spacial score (nSPS) is 19.1. The first-order valence-corrected chi connectivity index (χ1v) is 10.2. The average Bonchev–Trinajstić information content (AvgIpc) is 2.71. The molecule has 2 heterocycles. The van der Waals surface area contributed by atoms with Gasteiger partial charge in [0, 0.05) is 64.5 Å². The van der Waals surface area contributed by atoms with Gasteiger partial charge in [-0.3, -0.25) is 4.90 Å². The van der Waals surface area contributed by atoms with E-state index >= 15 is 0 Å². The van der Waals surface area contributed by atoms with Crippen LogP contribution in [0.2, 0.25) is 0 Å². The Bertz CT molecular complexity index is 509. The second-order valence-electron chi connectivity index (χ2n) is 6.70. The van der Waals surface area contributed by atoms with E-state index in [4.69, 9.17) is 5.11 Å². The Kier molecular flexibility index (Phi) is 17.0. The zero-order chi connectivity index (χ0) is 24.7. The molecule has 0 bridgehead atoms. The molecule has 0 saturated carbocycles. The Morgan fingerprint density at radius 3 is 1.87 bits per heavy atom. The van der Waals surface area contributed by atoms with Crippen molar-refractivity contribution in [3.63, 3.8) is 0 Å². The van der Waals surface area contributed by atoms with Crippen LogP contribution in [-0.4, -0.2) is 100 Å². The van der Waals surface area contributed by atoms with E-state index in [-0.39, 0.29) is 12.6 Å². The molecule has 0 unspecified atom stereocenters. The van der Waals surface area contributed by atoms with Crippen molar-refractivity contribution in [1.29, 1.82) is 0 Å². The van der Waals surface area contributed by atoms with E-state index in [1.807, 2.05) is 13.8 Å². The number of likely N-dealkylation sites (N-methyl/N-ethyl adjacent to an activating group) is 2. The molecule has 11 heteroatoms. The zero-order valence-corrected chi connectivity index (χ0v) is 19.3. The standard InChI is InChI=1S/C9H11F6N.C8H17N3.C2H6.CH4O/c1-6(8(10,11)12)5-7(3-4-16-2)9(13,14)15;1-10-6-8(7-10)11-4-2-9-3-5-11;2*1-2/h3,5,16H,4H2,1-2H3;8-9H,2-7H2,1H3;1-2H3;2H,1H3/b6-5+,7-3+;;;. The van der Waals surface area contributed by atoms with Crippen LogP contribution in [0, 0.1) is 0 Å². The Hall–Kier alpha value is -1.14. The van der Waals surface area contributed by atoms with Crippen LogP contribution in [0.4, 0.5) is 26.3 Å². The van der Waals surface area contributed by atoms with E-state index in [0.29, 0.717) is 13.0 Å². The van der Waals surface area contributed by atoms with Crippen molar-refractivity contribution in [2.24, 2.45) is 0 Å². The molecular formula is C20H38F6N4O. The number of likely N-dealkylation sites (tertiary alicyclic amines) is 1. The minimum absolute atomic E-state index is 0.0946. The van der Waals surface area contributed by atoms with Crippen molar-refractivity contribution in [3.8, 4) is 0 Å². The van der Waals surface area contributed by atoms with Crippen LogP contribution in [0.5, 0.6) is 0 Å². The highest BCUT2D eigenvalue weighted by Gasteiger charge is 2.36. The summed E-state index contributed by atoms with van der Waals surface area (Å²) in [6, 6.07) is 0.863. The van der Waals surface area contributed by atoms with Crippen molar-refractivity contribution in [3.05, 3.63) is 23.3 Å². The second kappa shape index (κ2) is 16.5. The summed E-state index contributed by atoms with van der Waals surface area (Å²) in [5, 5.41) is 12.8. The van der Waals surface area contributed by atoms with Crippen molar-refractivity contribution in [2.45, 2.75) is 39.2 Å². The van der Waals surface area contributed by atoms with Gasteiger partial charge in [-0.25, -0.2) is 0 Å². The average molecular weight is 465 g/mol. The van der Waals surface area contributed by atoms with Gasteiger partial charge < -0.3 is 20.6 Å². The number of aliphatic hydroxyl groups is 1. The first-order chi connectivity index (χ1) is 14.4. The third-order valence-corrected chi connectivity index (χ3v) is 4.39. The third kappa shape index (κ3) is 13.8. The predicted octanol–water partition coefficient (Wildman–Crippen LogP) is 3.04. The maximum absolute atomic E-state index is 12.3. The topological polar surface area (TPSA) is 50.8 Å². The third-order valence-electron chi connectivity index (χ3n) is 4.39. The van der Waals surface area contributed by atoms with Gasteiger partial charge in [0.1, 0.15) is 0 Å². The highest BCUT2D eigenvalue weighted by atomic mass is 19.4. The summed E-state index contributed by atoms with van der Waals surface area (Å²) in [6.07, 6.45) is -8.78. The van der Waals surface area contributed by atoms with Gasteiger partial charge in [-0.15, -0.1) is 0 Å². The van der Waals surface area contributed by atoms with Crippen LogP contribution < -0.4 is 10.6 Å². The highest BCUT2D eigenvalue weighted by molar-refractivity contribution is 5.29. The lowest BCUT2D eigenvalue weighted by Crippen LogP contribution is -2.61. The Balaban J connectivity index is 0. The number of nitrogens with zero attached hydrogens (tertiary/aromatic N) is 2. The lowest BCUT2D eigenvalue weighted by molar-refractivity contribution is -0.0954. The lowest BCUT2D eigenvalue weighted by Gasteiger charge is -2.45. The van der Waals surface area contributed by atoms with Gasteiger partial charge in [-0.1, -0.05) is 19.9 Å². The van der Waals surface area contributed by atoms with Gasteiger partial charge in [0.15, 0.2) is 0 Å². The van der Waals surface area contributed by atoms with E-state index in [9.17, 15) is 26.3 Å². The molecule has 2 fully saturated rings. The number of piperazine rings is 1. The highest BCUT2D eigenvalue weighted by Crippen LogP contribution is 2.31. The molecule has 186 valence electrons. The first-order valence-electron chi connectivity index (χ1n) is 10.2. The predicted molar refractivity (Wildman–Crippen MR) is 113 cm³/mol. The fourth-order valence-electron chi connectivity index (χ4n) is 2.73. The molecule has 0 aliphatic carbocycles. The van der Waals surface area contributed by atoms with E-state index in [1.165, 1.54) is 46.3 Å². The van der Waals surface area contributed by atoms with Gasteiger partial charge >= 0.3 is 12.4 Å². The molecule has 0 aromatic heterocycles. The minimum atomic E-state index is -4.79. The Morgan fingerprint density at radius 1 is 1.03 bits per heavy atom. The minimum Gasteiger partial charge on any atom is -0.400 e. The van der Waals surface area contributed by atoms with Gasteiger partial charge in [0.2, 0.25) is 0 Å². The van der Waals surface area contributed by atoms with Gasteiger partial charge in [0.25, 0.3) is 0 Å². The summed E-state index contributed by atoms with van der Waals surface area (Å²) in [5.41, 5.74) is -2.59. The molecule has 2 rings (SSSR count). The Labute approximate surface area is 182 Å². The van der Waals surface area contributed by atoms with Crippen molar-refractivity contribution in [2.75, 3.05) is 67.0 Å². The van der Waals surface area contributed by atoms with Crippen LogP contribution in [-0.2, 0) is 0 Å². The SMILES string of the molecule is CC.CN1CC(N2CCNCC2)C1.CNC/C=C(\C=C(/C)C(F)(F)F)C(F)(F)F.CO. The summed E-state index contributed by atoms with van der Waals surface area (Å²) >= 11 is 0. The number of rotatable bonds is 4. The molecule has 3 N–H and O–H groups in total. The maximum Gasteiger partial charge on any atom is 0.416 e. The van der Waals surface area contributed by atoms with E-state index in [2.05, 4.69) is 27.5 Å². The monoisotopic (exact) mass is 464 g/mol. The van der Waals surface area contributed by atoms with E-state index in [1.54, 1.807) is 0 Å². The number of aliphatic hydroxyl groups excluding tert-OH is 1. The van der Waals surface area contributed by atoms with Crippen LogP contribution in [0.15, 0.2) is 23.3 Å². The first kappa shape index (κ1) is 32.0. The summed E-state index contributed by atoms with van der Waals surface area (Å²) in [6.45, 7) is 11.9. The van der Waals surface area contributed by atoms with Gasteiger partial charge in [-0.05, 0) is 27.1 Å². The maximum atomic E-state index is 12.3. The molecule has 2 aliphatic rings. The quantitative estimate of drug-likeness (QED) is 0.441. The molecule has 0 radical (unpaired) electrons. The summed E-state index contributed by atoms with van der Waals surface area (Å²) < 4.78 is 73.0. The van der Waals surface area contributed by atoms with Gasteiger partial charge in [0.05, 0.1) is 5.57 Å². The van der Waals surface area contributed by atoms with Gasteiger partial charge in [-0.2, -0.15) is 26.3 Å². The number of hydrogen-bond acceptors (Lipinski definition) is 5. The molecule has 31 heavy (non-hydrogen) atoms. The van der Waals surface area contributed by atoms with Crippen LogP contribution in [0.1, 0.15) is 20.8 Å². The molecule has 0 atom stereocenters. The Morgan fingerprint density at radius 2 is 1.52 bits per heavy atom. The second-order valence-corrected chi connectivity index (χ2v) is 6.70. The number of nitrogens with one attached hydrogen (secondary N) is 2. The zero-order valence-electron chi connectivity index (χ0n) is 19.3. The van der Waals surface area contributed by atoms with Crippen LogP contribution >= 0.6 is 0 Å². The fourth-order valence-corrected chi connectivity index (χ4v) is 2.73. The molecule has 0 spiro atoms. The number of allylic oxidation sites excluding steroid dienone is 3. The summed E-state index contributed by atoms with van der Waals surface area (Å²) in [5.74, 6) is 0. The molecule has 0 aromatic carbocycles. The molecule has 5 nitrogen and oxygen atoms in total. The summed E-state index contributed by atoms with van der Waals surface area (Å²) in [4.78, 5) is 4.99.